The molecule has 1 N–H and O–H groups in total. The van der Waals surface area contributed by atoms with E-state index in [0.29, 0.717) is 19.4 Å². The number of likely N-dealkylation sites (N-methyl/N-ethyl adjacent to an activating group) is 1. The van der Waals surface area contributed by atoms with Crippen molar-refractivity contribution in [3.8, 4) is 0 Å². The minimum absolute atomic E-state index is 0.0310. The third-order valence-corrected chi connectivity index (χ3v) is 3.68. The van der Waals surface area contributed by atoms with Crippen LogP contribution in [0, 0.1) is 5.82 Å². The number of halogens is 1. The maximum Gasteiger partial charge on any atom is 0.220 e. The van der Waals surface area contributed by atoms with Crippen molar-refractivity contribution in [1.82, 2.24) is 10.2 Å². The van der Waals surface area contributed by atoms with Gasteiger partial charge in [0.05, 0.1) is 12.7 Å². The van der Waals surface area contributed by atoms with Gasteiger partial charge < -0.3 is 15.0 Å². The molecule has 1 aromatic carbocycles. The van der Waals surface area contributed by atoms with Crippen LogP contribution >= 0.6 is 0 Å². The SMILES string of the molecule is CN1CCOC(CCNC(=O)CCc2ccc(F)cc2)C1. The third-order valence-electron chi connectivity index (χ3n) is 3.68. The molecule has 5 heteroatoms. The molecule has 0 spiro atoms. The fourth-order valence-electron chi connectivity index (χ4n) is 2.41. The molecule has 21 heavy (non-hydrogen) atoms. The van der Waals surface area contributed by atoms with Crippen molar-refractivity contribution >= 4 is 5.91 Å². The van der Waals surface area contributed by atoms with Crippen LogP contribution in [0.2, 0.25) is 0 Å². The predicted octanol–water partition coefficient (Wildman–Crippen LogP) is 1.60. The summed E-state index contributed by atoms with van der Waals surface area (Å²) in [6, 6.07) is 6.27. The molecule has 0 aliphatic carbocycles. The Hall–Kier alpha value is -1.46. The first-order chi connectivity index (χ1) is 10.1. The number of ether oxygens (including phenoxy) is 1. The zero-order valence-corrected chi connectivity index (χ0v) is 12.5. The molecule has 2 rings (SSSR count). The second kappa shape index (κ2) is 8.10. The van der Waals surface area contributed by atoms with Gasteiger partial charge >= 0.3 is 0 Å². The fraction of sp³-hybridized carbons (Fsp3) is 0.562. The minimum Gasteiger partial charge on any atom is -0.375 e. The van der Waals surface area contributed by atoms with Crippen molar-refractivity contribution < 1.29 is 13.9 Å². The van der Waals surface area contributed by atoms with E-state index in [2.05, 4.69) is 17.3 Å². The Balaban J connectivity index is 1.60. The number of nitrogens with zero attached hydrogens (tertiary/aromatic N) is 1. The molecule has 0 bridgehead atoms. The first-order valence-corrected chi connectivity index (χ1v) is 7.45. The van der Waals surface area contributed by atoms with Gasteiger partial charge in [-0.15, -0.1) is 0 Å². The first kappa shape index (κ1) is 15.9. The predicted molar refractivity (Wildman–Crippen MR) is 79.6 cm³/mol. The zero-order valence-electron chi connectivity index (χ0n) is 12.5. The maximum absolute atomic E-state index is 12.8. The van der Waals surface area contributed by atoms with Crippen molar-refractivity contribution in [2.24, 2.45) is 0 Å². The molecule has 116 valence electrons. The molecule has 1 unspecified atom stereocenters. The highest BCUT2D eigenvalue weighted by Gasteiger charge is 2.17. The zero-order chi connectivity index (χ0) is 15.1. The first-order valence-electron chi connectivity index (χ1n) is 7.45. The average Bonchev–Trinajstić information content (AvgIpc) is 2.47. The van der Waals surface area contributed by atoms with Crippen molar-refractivity contribution in [1.29, 1.82) is 0 Å². The van der Waals surface area contributed by atoms with Crippen LogP contribution in [0.1, 0.15) is 18.4 Å². The van der Waals surface area contributed by atoms with Crippen molar-refractivity contribution in [3.05, 3.63) is 35.6 Å². The number of rotatable bonds is 6. The van der Waals surface area contributed by atoms with Gasteiger partial charge in [-0.1, -0.05) is 12.1 Å². The summed E-state index contributed by atoms with van der Waals surface area (Å²) in [6.45, 7) is 3.30. The highest BCUT2D eigenvalue weighted by molar-refractivity contribution is 5.76. The normalized spacial score (nSPS) is 19.4. The molecular formula is C16H23FN2O2. The summed E-state index contributed by atoms with van der Waals surface area (Å²) in [5, 5.41) is 2.91. The Morgan fingerprint density at radius 2 is 2.19 bits per heavy atom. The highest BCUT2D eigenvalue weighted by atomic mass is 19.1. The van der Waals surface area contributed by atoms with Crippen LogP contribution in [0.5, 0.6) is 0 Å². The van der Waals surface area contributed by atoms with Crippen LogP contribution in [0.25, 0.3) is 0 Å². The van der Waals surface area contributed by atoms with E-state index in [9.17, 15) is 9.18 Å². The summed E-state index contributed by atoms with van der Waals surface area (Å²) >= 11 is 0. The van der Waals surface area contributed by atoms with E-state index in [1.165, 1.54) is 12.1 Å². The minimum atomic E-state index is -0.249. The smallest absolute Gasteiger partial charge is 0.220 e. The Labute approximate surface area is 125 Å². The van der Waals surface area contributed by atoms with E-state index in [4.69, 9.17) is 4.74 Å². The van der Waals surface area contributed by atoms with E-state index in [1.807, 2.05) is 0 Å². The van der Waals surface area contributed by atoms with Gasteiger partial charge in [-0.25, -0.2) is 4.39 Å². The lowest BCUT2D eigenvalue weighted by Crippen LogP contribution is -2.41. The van der Waals surface area contributed by atoms with Crippen molar-refractivity contribution in [2.75, 3.05) is 33.3 Å². The Morgan fingerprint density at radius 3 is 2.90 bits per heavy atom. The second-order valence-electron chi connectivity index (χ2n) is 5.52. The van der Waals surface area contributed by atoms with Gasteiger partial charge in [0.1, 0.15) is 5.82 Å². The Kier molecular flexibility index (Phi) is 6.14. The molecule has 1 saturated heterocycles. The summed E-state index contributed by atoms with van der Waals surface area (Å²) in [4.78, 5) is 14.0. The lowest BCUT2D eigenvalue weighted by molar-refractivity contribution is -0.121. The van der Waals surface area contributed by atoms with Gasteiger partial charge in [0.25, 0.3) is 0 Å². The molecule has 1 atom stereocenters. The number of amides is 1. The lowest BCUT2D eigenvalue weighted by atomic mass is 10.1. The number of carbonyl (C=O) groups excluding carboxylic acids is 1. The molecule has 0 saturated carbocycles. The number of morpholine rings is 1. The van der Waals surface area contributed by atoms with Crippen LogP contribution in [0.4, 0.5) is 4.39 Å². The third kappa shape index (κ3) is 5.81. The van der Waals surface area contributed by atoms with Crippen LogP contribution in [-0.2, 0) is 16.0 Å². The molecule has 1 aliphatic heterocycles. The lowest BCUT2D eigenvalue weighted by Gasteiger charge is -2.30. The second-order valence-corrected chi connectivity index (χ2v) is 5.52. The quantitative estimate of drug-likeness (QED) is 0.866. The molecule has 1 aromatic rings. The van der Waals surface area contributed by atoms with Gasteiger partial charge in [-0.3, -0.25) is 4.79 Å². The summed E-state index contributed by atoms with van der Waals surface area (Å²) in [6.07, 6.45) is 2.11. The Bertz CT molecular complexity index is 450. The molecule has 1 amide bonds. The fourth-order valence-corrected chi connectivity index (χ4v) is 2.41. The molecule has 0 aromatic heterocycles. The molecule has 4 nitrogen and oxygen atoms in total. The van der Waals surface area contributed by atoms with Crippen LogP contribution in [0.3, 0.4) is 0 Å². The summed E-state index contributed by atoms with van der Waals surface area (Å²) in [7, 11) is 2.08. The monoisotopic (exact) mass is 294 g/mol. The number of aryl methyl sites for hydroxylation is 1. The van der Waals surface area contributed by atoms with Gasteiger partial charge in [0.15, 0.2) is 0 Å². The molecule has 1 heterocycles. The van der Waals surface area contributed by atoms with E-state index in [-0.39, 0.29) is 17.8 Å². The van der Waals surface area contributed by atoms with Crippen molar-refractivity contribution in [2.45, 2.75) is 25.4 Å². The number of hydrogen-bond acceptors (Lipinski definition) is 3. The van der Waals surface area contributed by atoms with Crippen LogP contribution < -0.4 is 5.32 Å². The molecular weight excluding hydrogens is 271 g/mol. The number of carbonyl (C=O) groups is 1. The van der Waals surface area contributed by atoms with Crippen LogP contribution in [-0.4, -0.2) is 50.2 Å². The molecule has 0 radical (unpaired) electrons. The number of nitrogens with one attached hydrogen (secondary N) is 1. The largest absolute Gasteiger partial charge is 0.375 e. The average molecular weight is 294 g/mol. The van der Waals surface area contributed by atoms with Gasteiger partial charge in [-0.2, -0.15) is 0 Å². The van der Waals surface area contributed by atoms with E-state index in [0.717, 1.165) is 31.7 Å². The molecule has 1 aliphatic rings. The number of benzene rings is 1. The van der Waals surface area contributed by atoms with E-state index in [1.54, 1.807) is 12.1 Å². The molecule has 1 fully saturated rings. The summed E-state index contributed by atoms with van der Waals surface area (Å²) in [5.74, 6) is -0.218. The van der Waals surface area contributed by atoms with Gasteiger partial charge in [0.2, 0.25) is 5.91 Å². The standard InChI is InChI=1S/C16H23FN2O2/c1-19-10-11-21-15(12-19)8-9-18-16(20)7-4-13-2-5-14(17)6-3-13/h2-3,5-6,15H,4,7-12H2,1H3,(H,18,20). The van der Waals surface area contributed by atoms with E-state index < -0.39 is 0 Å². The maximum atomic E-state index is 12.8. The van der Waals surface area contributed by atoms with Gasteiger partial charge in [0, 0.05) is 26.1 Å². The highest BCUT2D eigenvalue weighted by Crippen LogP contribution is 2.07. The summed E-state index contributed by atoms with van der Waals surface area (Å²) in [5.41, 5.74) is 0.976. The van der Waals surface area contributed by atoms with E-state index >= 15 is 0 Å². The van der Waals surface area contributed by atoms with Gasteiger partial charge in [-0.05, 0) is 37.6 Å². The number of hydrogen-bond donors (Lipinski definition) is 1. The Morgan fingerprint density at radius 1 is 1.43 bits per heavy atom. The van der Waals surface area contributed by atoms with Crippen LogP contribution in [0.15, 0.2) is 24.3 Å². The van der Waals surface area contributed by atoms with Crippen molar-refractivity contribution in [3.63, 3.8) is 0 Å². The topological polar surface area (TPSA) is 41.6 Å². The summed E-state index contributed by atoms with van der Waals surface area (Å²) < 4.78 is 18.4.